The van der Waals surface area contributed by atoms with Gasteiger partial charge in [-0.1, -0.05) is 31.5 Å². The second-order valence-electron chi connectivity index (χ2n) is 7.03. The van der Waals surface area contributed by atoms with Crippen LogP contribution in [0.15, 0.2) is 24.3 Å². The minimum atomic E-state index is -0.584. The Bertz CT molecular complexity index is 564. The van der Waals surface area contributed by atoms with Gasteiger partial charge in [-0.15, -0.1) is 0 Å². The number of aliphatic hydroxyl groups excluding tert-OH is 1. The highest BCUT2D eigenvalue weighted by atomic mass is 16.3. The van der Waals surface area contributed by atoms with E-state index in [9.17, 15) is 9.59 Å². The van der Waals surface area contributed by atoms with Crippen LogP contribution in [0.1, 0.15) is 49.0 Å². The fourth-order valence-corrected chi connectivity index (χ4v) is 2.80. The molecule has 0 radical (unpaired) electrons. The molecule has 1 aromatic carbocycles. The fourth-order valence-electron chi connectivity index (χ4n) is 2.80. The minimum Gasteiger partial charge on any atom is -0.396 e. The molecule has 0 aliphatic heterocycles. The highest BCUT2D eigenvalue weighted by Gasteiger charge is 2.34. The van der Waals surface area contributed by atoms with Crippen molar-refractivity contribution in [1.29, 1.82) is 0 Å². The van der Waals surface area contributed by atoms with Crippen LogP contribution in [0.2, 0.25) is 0 Å². The Morgan fingerprint density at radius 2 is 1.79 bits per heavy atom. The Balaban J connectivity index is 2.00. The van der Waals surface area contributed by atoms with Crippen LogP contribution in [0.3, 0.4) is 0 Å². The van der Waals surface area contributed by atoms with Gasteiger partial charge in [0.2, 0.25) is 5.91 Å². The lowest BCUT2D eigenvalue weighted by atomic mass is 10.0. The molecule has 0 aromatic heterocycles. The quantitative estimate of drug-likeness (QED) is 0.681. The molecular formula is C19H28N2O3. The zero-order valence-electron chi connectivity index (χ0n) is 14.7. The number of aryl methyl sites for hydroxylation is 1. The Labute approximate surface area is 143 Å². The van der Waals surface area contributed by atoms with Gasteiger partial charge in [0.15, 0.2) is 0 Å². The molecule has 0 bridgehead atoms. The normalized spacial score (nSPS) is 16.5. The van der Waals surface area contributed by atoms with Gasteiger partial charge in [0, 0.05) is 18.2 Å². The first kappa shape index (κ1) is 18.5. The standard InChI is InChI=1S/C19H28N2O3/c1-12(2)17(19(24)20-16(10-11-22)14-8-9-14)21-18(23)15-6-4-13(3)5-7-15/h4-7,12,14,16-17,22H,8-11H2,1-3H3,(H,20,24)(H,21,23). The van der Waals surface area contributed by atoms with E-state index in [4.69, 9.17) is 5.11 Å². The predicted octanol–water partition coefficient (Wildman–Crippen LogP) is 2.03. The summed E-state index contributed by atoms with van der Waals surface area (Å²) in [5, 5.41) is 15.0. The molecule has 5 nitrogen and oxygen atoms in total. The molecule has 1 aromatic rings. The largest absolute Gasteiger partial charge is 0.396 e. The van der Waals surface area contributed by atoms with Crippen LogP contribution in [0.25, 0.3) is 0 Å². The maximum atomic E-state index is 12.6. The maximum absolute atomic E-state index is 12.6. The van der Waals surface area contributed by atoms with E-state index in [-0.39, 0.29) is 30.4 Å². The van der Waals surface area contributed by atoms with Crippen molar-refractivity contribution < 1.29 is 14.7 Å². The van der Waals surface area contributed by atoms with E-state index in [2.05, 4.69) is 10.6 Å². The Morgan fingerprint density at radius 1 is 1.17 bits per heavy atom. The van der Waals surface area contributed by atoms with Gasteiger partial charge in [0.05, 0.1) is 0 Å². The molecule has 1 aliphatic rings. The summed E-state index contributed by atoms with van der Waals surface area (Å²) >= 11 is 0. The van der Waals surface area contributed by atoms with Gasteiger partial charge in [-0.2, -0.15) is 0 Å². The monoisotopic (exact) mass is 332 g/mol. The molecular weight excluding hydrogens is 304 g/mol. The fraction of sp³-hybridized carbons (Fsp3) is 0.579. The summed E-state index contributed by atoms with van der Waals surface area (Å²) in [6, 6.07) is 6.70. The number of benzene rings is 1. The molecule has 2 amide bonds. The van der Waals surface area contributed by atoms with Crippen molar-refractivity contribution in [3.8, 4) is 0 Å². The molecule has 0 saturated heterocycles. The summed E-state index contributed by atoms with van der Waals surface area (Å²) in [6.45, 7) is 5.85. The van der Waals surface area contributed by atoms with Crippen molar-refractivity contribution >= 4 is 11.8 Å². The van der Waals surface area contributed by atoms with Crippen molar-refractivity contribution in [2.45, 2.75) is 52.1 Å². The summed E-state index contributed by atoms with van der Waals surface area (Å²) < 4.78 is 0. The van der Waals surface area contributed by atoms with Gasteiger partial charge in [-0.05, 0) is 50.2 Å². The van der Waals surface area contributed by atoms with Crippen molar-refractivity contribution in [2.75, 3.05) is 6.61 Å². The maximum Gasteiger partial charge on any atom is 0.251 e. The van der Waals surface area contributed by atoms with Crippen molar-refractivity contribution in [2.24, 2.45) is 11.8 Å². The third-order valence-electron chi connectivity index (χ3n) is 4.51. The highest BCUT2D eigenvalue weighted by molar-refractivity contribution is 5.97. The second-order valence-corrected chi connectivity index (χ2v) is 7.03. The van der Waals surface area contributed by atoms with Crippen molar-refractivity contribution in [3.63, 3.8) is 0 Å². The lowest BCUT2D eigenvalue weighted by Crippen LogP contribution is -2.52. The number of amides is 2. The zero-order valence-corrected chi connectivity index (χ0v) is 14.7. The Kier molecular flexibility index (Phi) is 6.37. The van der Waals surface area contributed by atoms with Gasteiger partial charge in [0.25, 0.3) is 5.91 Å². The number of rotatable bonds is 8. The first-order valence-corrected chi connectivity index (χ1v) is 8.71. The van der Waals surface area contributed by atoms with Gasteiger partial charge < -0.3 is 15.7 Å². The average Bonchev–Trinajstić information content (AvgIpc) is 3.37. The van der Waals surface area contributed by atoms with Crippen molar-refractivity contribution in [3.05, 3.63) is 35.4 Å². The van der Waals surface area contributed by atoms with E-state index in [0.717, 1.165) is 18.4 Å². The van der Waals surface area contributed by atoms with Gasteiger partial charge in [-0.25, -0.2) is 0 Å². The van der Waals surface area contributed by atoms with Crippen LogP contribution >= 0.6 is 0 Å². The van der Waals surface area contributed by atoms with Crippen LogP contribution in [0.5, 0.6) is 0 Å². The predicted molar refractivity (Wildman–Crippen MR) is 93.6 cm³/mol. The average molecular weight is 332 g/mol. The van der Waals surface area contributed by atoms with Crippen LogP contribution in [0, 0.1) is 18.8 Å². The molecule has 0 spiro atoms. The molecule has 1 aliphatic carbocycles. The lowest BCUT2D eigenvalue weighted by molar-refractivity contribution is -0.124. The van der Waals surface area contributed by atoms with Gasteiger partial charge in [-0.3, -0.25) is 9.59 Å². The molecule has 3 N–H and O–H groups in total. The van der Waals surface area contributed by atoms with E-state index in [1.807, 2.05) is 32.9 Å². The molecule has 132 valence electrons. The summed E-state index contributed by atoms with van der Waals surface area (Å²) in [5.41, 5.74) is 1.63. The van der Waals surface area contributed by atoms with E-state index >= 15 is 0 Å². The highest BCUT2D eigenvalue weighted by Crippen LogP contribution is 2.34. The van der Waals surface area contributed by atoms with Gasteiger partial charge in [0.1, 0.15) is 6.04 Å². The van der Waals surface area contributed by atoms with Crippen LogP contribution < -0.4 is 10.6 Å². The molecule has 1 saturated carbocycles. The van der Waals surface area contributed by atoms with Crippen LogP contribution in [-0.4, -0.2) is 35.6 Å². The smallest absolute Gasteiger partial charge is 0.251 e. The lowest BCUT2D eigenvalue weighted by Gasteiger charge is -2.25. The summed E-state index contributed by atoms with van der Waals surface area (Å²) in [5.74, 6) is 0.0277. The van der Waals surface area contributed by atoms with Crippen LogP contribution in [0.4, 0.5) is 0 Å². The third-order valence-corrected chi connectivity index (χ3v) is 4.51. The number of hydrogen-bond acceptors (Lipinski definition) is 3. The number of carbonyl (C=O) groups excluding carboxylic acids is 2. The minimum absolute atomic E-state index is 0.0000249. The van der Waals surface area contributed by atoms with Crippen molar-refractivity contribution in [1.82, 2.24) is 10.6 Å². The number of hydrogen-bond donors (Lipinski definition) is 3. The molecule has 5 heteroatoms. The summed E-state index contributed by atoms with van der Waals surface area (Å²) in [7, 11) is 0. The SMILES string of the molecule is Cc1ccc(C(=O)NC(C(=O)NC(CCO)C2CC2)C(C)C)cc1. The molecule has 2 atom stereocenters. The molecule has 2 rings (SSSR count). The zero-order chi connectivity index (χ0) is 17.7. The Hall–Kier alpha value is -1.88. The molecule has 2 unspecified atom stereocenters. The van der Waals surface area contributed by atoms with Gasteiger partial charge >= 0.3 is 0 Å². The third kappa shape index (κ3) is 5.06. The summed E-state index contributed by atoms with van der Waals surface area (Å²) in [4.78, 5) is 25.0. The second kappa shape index (κ2) is 8.29. The van der Waals surface area contributed by atoms with E-state index < -0.39 is 6.04 Å². The summed E-state index contributed by atoms with van der Waals surface area (Å²) in [6.07, 6.45) is 2.74. The first-order chi connectivity index (χ1) is 11.4. The number of aliphatic hydroxyl groups is 1. The van der Waals surface area contributed by atoms with E-state index in [1.165, 1.54) is 0 Å². The number of nitrogens with one attached hydrogen (secondary N) is 2. The molecule has 24 heavy (non-hydrogen) atoms. The van der Waals surface area contributed by atoms with E-state index in [0.29, 0.717) is 17.9 Å². The van der Waals surface area contributed by atoms with E-state index in [1.54, 1.807) is 12.1 Å². The number of carbonyl (C=O) groups is 2. The van der Waals surface area contributed by atoms with Crippen LogP contribution in [-0.2, 0) is 4.79 Å². The Morgan fingerprint density at radius 3 is 2.29 bits per heavy atom. The topological polar surface area (TPSA) is 78.4 Å². The molecule has 0 heterocycles. The first-order valence-electron chi connectivity index (χ1n) is 8.71. The molecule has 1 fully saturated rings.